The van der Waals surface area contributed by atoms with E-state index in [1.54, 1.807) is 6.26 Å². The molecule has 0 aromatic carbocycles. The zero-order valence-electron chi connectivity index (χ0n) is 10.9. The number of nitrogens with one attached hydrogen (secondary N) is 1. The number of aryl methyl sites for hydroxylation is 1. The highest BCUT2D eigenvalue weighted by Gasteiger charge is 2.29. The van der Waals surface area contributed by atoms with Crippen LogP contribution in [0.15, 0.2) is 16.7 Å². The summed E-state index contributed by atoms with van der Waals surface area (Å²) in [6, 6.07) is 2.33. The highest BCUT2D eigenvalue weighted by molar-refractivity contribution is 5.22. The highest BCUT2D eigenvalue weighted by atomic mass is 16.3. The summed E-state index contributed by atoms with van der Waals surface area (Å²) in [5.41, 5.74) is 4.27. The van der Waals surface area contributed by atoms with Crippen LogP contribution in [0.3, 0.4) is 0 Å². The maximum atomic E-state index is 5.77. The number of nitrogens with two attached hydrogens (primary N) is 1. The summed E-state index contributed by atoms with van der Waals surface area (Å²) in [5.74, 6) is 8.31. The smallest absolute Gasteiger partial charge is 0.108 e. The van der Waals surface area contributed by atoms with Gasteiger partial charge in [-0.25, -0.2) is 0 Å². The van der Waals surface area contributed by atoms with Crippen LogP contribution in [0.5, 0.6) is 0 Å². The van der Waals surface area contributed by atoms with Crippen LogP contribution in [0.25, 0.3) is 0 Å². The molecule has 3 N–H and O–H groups in total. The summed E-state index contributed by atoms with van der Waals surface area (Å²) in [5, 5.41) is 0. The maximum absolute atomic E-state index is 5.77. The first-order valence-corrected chi connectivity index (χ1v) is 6.78. The lowest BCUT2D eigenvalue weighted by Gasteiger charge is -2.32. The Kier molecular flexibility index (Phi) is 4.24. The van der Waals surface area contributed by atoms with Crippen LogP contribution in [-0.4, -0.2) is 0 Å². The predicted octanol–water partition coefficient (Wildman–Crippen LogP) is 3.17. The summed E-state index contributed by atoms with van der Waals surface area (Å²) >= 11 is 0. The zero-order valence-corrected chi connectivity index (χ0v) is 10.9. The standard InChI is InChI=1S/C14H24N2O/c1-3-13-12(7-8-17-13)14(16-15)11-6-4-5-10(2)9-11/h7-8,10-11,14,16H,3-6,9,15H2,1-2H3. The van der Waals surface area contributed by atoms with Gasteiger partial charge in [-0.15, -0.1) is 0 Å². The van der Waals surface area contributed by atoms with Crippen molar-refractivity contribution in [1.29, 1.82) is 0 Å². The topological polar surface area (TPSA) is 51.2 Å². The Bertz CT molecular complexity index is 348. The van der Waals surface area contributed by atoms with Crippen molar-refractivity contribution < 1.29 is 4.42 Å². The molecule has 1 heterocycles. The first-order chi connectivity index (χ1) is 8.26. The highest BCUT2D eigenvalue weighted by Crippen LogP contribution is 2.38. The van der Waals surface area contributed by atoms with Crippen LogP contribution in [0.1, 0.15) is 56.9 Å². The van der Waals surface area contributed by atoms with Crippen LogP contribution < -0.4 is 11.3 Å². The van der Waals surface area contributed by atoms with Crippen LogP contribution in [0, 0.1) is 11.8 Å². The molecule has 17 heavy (non-hydrogen) atoms. The quantitative estimate of drug-likeness (QED) is 0.623. The van der Waals surface area contributed by atoms with Gasteiger partial charge in [-0.1, -0.05) is 26.7 Å². The number of hydrogen-bond donors (Lipinski definition) is 2. The molecule has 3 nitrogen and oxygen atoms in total. The molecular weight excluding hydrogens is 212 g/mol. The molecule has 1 fully saturated rings. The van der Waals surface area contributed by atoms with E-state index >= 15 is 0 Å². The number of furan rings is 1. The minimum absolute atomic E-state index is 0.256. The van der Waals surface area contributed by atoms with E-state index in [0.717, 1.165) is 18.1 Å². The molecule has 1 aliphatic carbocycles. The van der Waals surface area contributed by atoms with Gasteiger partial charge in [0, 0.05) is 12.0 Å². The molecule has 0 bridgehead atoms. The molecule has 0 saturated heterocycles. The molecule has 1 aliphatic rings. The van der Waals surface area contributed by atoms with Gasteiger partial charge < -0.3 is 4.42 Å². The second-order valence-electron chi connectivity index (χ2n) is 5.33. The average molecular weight is 236 g/mol. The van der Waals surface area contributed by atoms with E-state index < -0.39 is 0 Å². The third-order valence-corrected chi connectivity index (χ3v) is 4.06. The Morgan fingerprint density at radius 1 is 1.53 bits per heavy atom. The first-order valence-electron chi connectivity index (χ1n) is 6.78. The minimum atomic E-state index is 0.256. The third kappa shape index (κ3) is 2.72. The van der Waals surface area contributed by atoms with E-state index in [0.29, 0.717) is 5.92 Å². The summed E-state index contributed by atoms with van der Waals surface area (Å²) in [4.78, 5) is 0. The normalized spacial score (nSPS) is 27.0. The minimum Gasteiger partial charge on any atom is -0.469 e. The Morgan fingerprint density at radius 2 is 2.35 bits per heavy atom. The van der Waals surface area contributed by atoms with Crippen molar-refractivity contribution in [3.63, 3.8) is 0 Å². The summed E-state index contributed by atoms with van der Waals surface area (Å²) in [6.07, 6.45) is 7.94. The molecule has 0 radical (unpaired) electrons. The molecular formula is C14H24N2O. The van der Waals surface area contributed by atoms with Crippen molar-refractivity contribution in [2.24, 2.45) is 17.7 Å². The lowest BCUT2D eigenvalue weighted by molar-refractivity contribution is 0.223. The Labute approximate surface area is 104 Å². The maximum Gasteiger partial charge on any atom is 0.108 e. The van der Waals surface area contributed by atoms with E-state index in [9.17, 15) is 0 Å². The summed E-state index contributed by atoms with van der Waals surface area (Å²) < 4.78 is 5.52. The molecule has 3 atom stereocenters. The molecule has 1 aromatic rings. The van der Waals surface area contributed by atoms with Crippen molar-refractivity contribution in [3.05, 3.63) is 23.7 Å². The van der Waals surface area contributed by atoms with Gasteiger partial charge in [0.15, 0.2) is 0 Å². The second-order valence-corrected chi connectivity index (χ2v) is 5.33. The van der Waals surface area contributed by atoms with Gasteiger partial charge >= 0.3 is 0 Å². The number of rotatable bonds is 4. The molecule has 1 aromatic heterocycles. The molecule has 96 valence electrons. The van der Waals surface area contributed by atoms with Gasteiger partial charge in [0.25, 0.3) is 0 Å². The fourth-order valence-corrected chi connectivity index (χ4v) is 3.18. The Morgan fingerprint density at radius 3 is 3.00 bits per heavy atom. The molecule has 0 amide bonds. The molecule has 1 saturated carbocycles. The average Bonchev–Trinajstić information content (AvgIpc) is 2.78. The van der Waals surface area contributed by atoms with Gasteiger partial charge in [-0.2, -0.15) is 0 Å². The predicted molar refractivity (Wildman–Crippen MR) is 69.3 cm³/mol. The van der Waals surface area contributed by atoms with Crippen LogP contribution in [0.2, 0.25) is 0 Å². The number of hydrazine groups is 1. The molecule has 0 spiro atoms. The van der Waals surface area contributed by atoms with E-state index in [2.05, 4.69) is 25.3 Å². The molecule has 3 heteroatoms. The molecule has 2 rings (SSSR count). The zero-order chi connectivity index (χ0) is 12.3. The molecule has 0 aliphatic heterocycles. The lowest BCUT2D eigenvalue weighted by Crippen LogP contribution is -2.35. The first kappa shape index (κ1) is 12.7. The van der Waals surface area contributed by atoms with Crippen LogP contribution >= 0.6 is 0 Å². The van der Waals surface area contributed by atoms with Crippen molar-refractivity contribution >= 4 is 0 Å². The van der Waals surface area contributed by atoms with Crippen molar-refractivity contribution in [2.75, 3.05) is 0 Å². The largest absolute Gasteiger partial charge is 0.469 e. The lowest BCUT2D eigenvalue weighted by atomic mass is 9.77. The van der Waals surface area contributed by atoms with Crippen molar-refractivity contribution in [3.8, 4) is 0 Å². The van der Waals surface area contributed by atoms with Gasteiger partial charge in [0.1, 0.15) is 5.76 Å². The molecule has 3 unspecified atom stereocenters. The Balaban J connectivity index is 2.15. The summed E-state index contributed by atoms with van der Waals surface area (Å²) in [7, 11) is 0. The monoisotopic (exact) mass is 236 g/mol. The van der Waals surface area contributed by atoms with Gasteiger partial charge in [0.05, 0.1) is 12.3 Å². The third-order valence-electron chi connectivity index (χ3n) is 4.06. The van der Waals surface area contributed by atoms with Gasteiger partial charge in [-0.3, -0.25) is 11.3 Å². The van der Waals surface area contributed by atoms with Crippen LogP contribution in [0.4, 0.5) is 0 Å². The van der Waals surface area contributed by atoms with Gasteiger partial charge in [-0.05, 0) is 30.7 Å². The van der Waals surface area contributed by atoms with E-state index in [1.165, 1.54) is 31.2 Å². The second kappa shape index (κ2) is 5.69. The fraction of sp³-hybridized carbons (Fsp3) is 0.714. The number of hydrogen-bond acceptors (Lipinski definition) is 3. The Hall–Kier alpha value is -0.800. The van der Waals surface area contributed by atoms with Crippen molar-refractivity contribution in [1.82, 2.24) is 5.43 Å². The van der Waals surface area contributed by atoms with E-state index in [-0.39, 0.29) is 6.04 Å². The fourth-order valence-electron chi connectivity index (χ4n) is 3.18. The summed E-state index contributed by atoms with van der Waals surface area (Å²) in [6.45, 7) is 4.47. The SMILES string of the molecule is CCc1occc1C(NN)C1CCCC(C)C1. The van der Waals surface area contributed by atoms with Crippen molar-refractivity contribution in [2.45, 2.75) is 52.0 Å². The van der Waals surface area contributed by atoms with Gasteiger partial charge in [0.2, 0.25) is 0 Å². The van der Waals surface area contributed by atoms with E-state index in [4.69, 9.17) is 10.3 Å². The van der Waals surface area contributed by atoms with E-state index in [1.807, 2.05) is 0 Å². The van der Waals surface area contributed by atoms with Crippen LogP contribution in [-0.2, 0) is 6.42 Å².